The van der Waals surface area contributed by atoms with Crippen LogP contribution in [0.1, 0.15) is 31.2 Å². The predicted octanol–water partition coefficient (Wildman–Crippen LogP) is 3.28. The molecule has 1 aliphatic heterocycles. The molecule has 0 bridgehead atoms. The number of piperidine rings is 1. The number of anilines is 1. The largest absolute Gasteiger partial charge is 0.365 e. The van der Waals surface area contributed by atoms with Crippen LogP contribution in [-0.2, 0) is 0 Å². The number of benzene rings is 1. The van der Waals surface area contributed by atoms with E-state index in [9.17, 15) is 10.1 Å². The fourth-order valence-corrected chi connectivity index (χ4v) is 3.05. The van der Waals surface area contributed by atoms with Gasteiger partial charge in [0.05, 0.1) is 4.92 Å². The van der Waals surface area contributed by atoms with Gasteiger partial charge in [0.25, 0.3) is 5.69 Å². The molecule has 0 unspecified atom stereocenters. The van der Waals surface area contributed by atoms with Crippen molar-refractivity contribution in [1.29, 1.82) is 0 Å². The molecule has 3 rings (SSSR count). The smallest absolute Gasteiger partial charge is 0.292 e. The van der Waals surface area contributed by atoms with Crippen molar-refractivity contribution in [1.82, 2.24) is 0 Å². The molecule has 2 aliphatic rings. The first-order chi connectivity index (χ1) is 8.60. The molecular weight excluding hydrogens is 228 g/mol. The molecule has 1 aromatic carbocycles. The van der Waals surface area contributed by atoms with Gasteiger partial charge in [0, 0.05) is 19.2 Å². The first-order valence-corrected chi connectivity index (χ1v) is 6.60. The van der Waals surface area contributed by atoms with Crippen molar-refractivity contribution in [3.05, 3.63) is 33.9 Å². The lowest BCUT2D eigenvalue weighted by Gasteiger charge is -2.34. The van der Waals surface area contributed by atoms with Crippen LogP contribution in [0.5, 0.6) is 0 Å². The second-order valence-corrected chi connectivity index (χ2v) is 5.77. The van der Waals surface area contributed by atoms with Crippen molar-refractivity contribution in [2.45, 2.75) is 32.6 Å². The second-order valence-electron chi connectivity index (χ2n) is 5.77. The first-order valence-electron chi connectivity index (χ1n) is 6.60. The van der Waals surface area contributed by atoms with Crippen LogP contribution in [0.25, 0.3) is 0 Å². The summed E-state index contributed by atoms with van der Waals surface area (Å²) in [6.45, 7) is 3.85. The van der Waals surface area contributed by atoms with Gasteiger partial charge in [-0.05, 0) is 49.7 Å². The molecule has 2 fully saturated rings. The molecule has 0 amide bonds. The third kappa shape index (κ3) is 1.96. The molecule has 96 valence electrons. The summed E-state index contributed by atoms with van der Waals surface area (Å²) < 4.78 is 0. The van der Waals surface area contributed by atoms with Gasteiger partial charge in [-0.2, -0.15) is 0 Å². The molecule has 0 N–H and O–H groups in total. The van der Waals surface area contributed by atoms with Crippen LogP contribution in [0.15, 0.2) is 18.2 Å². The molecule has 1 aromatic rings. The summed E-state index contributed by atoms with van der Waals surface area (Å²) in [6.07, 6.45) is 5.04. The minimum Gasteiger partial charge on any atom is -0.365 e. The summed E-state index contributed by atoms with van der Waals surface area (Å²) >= 11 is 0. The van der Waals surface area contributed by atoms with E-state index in [4.69, 9.17) is 0 Å². The fraction of sp³-hybridized carbons (Fsp3) is 0.571. The van der Waals surface area contributed by atoms with Crippen molar-refractivity contribution in [2.24, 2.45) is 5.41 Å². The van der Waals surface area contributed by atoms with Gasteiger partial charge in [-0.1, -0.05) is 6.07 Å². The molecule has 0 aromatic heterocycles. The Morgan fingerprint density at radius 3 is 2.78 bits per heavy atom. The van der Waals surface area contributed by atoms with E-state index in [0.29, 0.717) is 5.41 Å². The highest BCUT2D eigenvalue weighted by molar-refractivity contribution is 5.64. The Morgan fingerprint density at radius 2 is 2.11 bits per heavy atom. The van der Waals surface area contributed by atoms with E-state index in [0.717, 1.165) is 30.8 Å². The minimum absolute atomic E-state index is 0.253. The van der Waals surface area contributed by atoms with Gasteiger partial charge in [0.15, 0.2) is 0 Å². The highest BCUT2D eigenvalue weighted by Crippen LogP contribution is 2.53. The minimum atomic E-state index is -0.253. The monoisotopic (exact) mass is 246 g/mol. The van der Waals surface area contributed by atoms with E-state index in [1.807, 2.05) is 19.1 Å². The third-order valence-corrected chi connectivity index (χ3v) is 4.29. The molecular formula is C14H18N2O2. The molecule has 0 radical (unpaired) electrons. The maximum Gasteiger partial charge on any atom is 0.292 e. The zero-order valence-corrected chi connectivity index (χ0v) is 10.7. The summed E-state index contributed by atoms with van der Waals surface area (Å²) in [7, 11) is 0. The van der Waals surface area contributed by atoms with E-state index in [-0.39, 0.29) is 10.6 Å². The lowest BCUT2D eigenvalue weighted by Crippen LogP contribution is -2.36. The van der Waals surface area contributed by atoms with E-state index in [2.05, 4.69) is 4.90 Å². The second kappa shape index (κ2) is 3.97. The molecule has 1 saturated heterocycles. The maximum absolute atomic E-state index is 11.2. The Hall–Kier alpha value is -1.58. The average Bonchev–Trinajstić information content (AvgIpc) is 3.08. The van der Waals surface area contributed by atoms with Gasteiger partial charge >= 0.3 is 0 Å². The van der Waals surface area contributed by atoms with Crippen LogP contribution in [0.2, 0.25) is 0 Å². The lowest BCUT2D eigenvalue weighted by atomic mass is 9.94. The summed E-state index contributed by atoms with van der Waals surface area (Å²) in [4.78, 5) is 13.1. The van der Waals surface area contributed by atoms with Crippen LogP contribution in [0, 0.1) is 22.5 Å². The van der Waals surface area contributed by atoms with Gasteiger partial charge in [0.2, 0.25) is 0 Å². The van der Waals surface area contributed by atoms with Crippen LogP contribution in [0.3, 0.4) is 0 Å². The highest BCUT2D eigenvalue weighted by Gasteiger charge is 2.46. The van der Waals surface area contributed by atoms with E-state index >= 15 is 0 Å². The molecule has 4 heteroatoms. The Balaban J connectivity index is 1.93. The SMILES string of the molecule is Cc1ccc(N2CCCC3(CC3)C2)c([N+](=O)[O-])c1. The van der Waals surface area contributed by atoms with Crippen molar-refractivity contribution < 1.29 is 4.92 Å². The molecule has 1 saturated carbocycles. The van der Waals surface area contributed by atoms with Gasteiger partial charge in [-0.3, -0.25) is 10.1 Å². The van der Waals surface area contributed by atoms with E-state index in [1.165, 1.54) is 19.3 Å². The number of aryl methyl sites for hydroxylation is 1. The van der Waals surface area contributed by atoms with E-state index in [1.54, 1.807) is 6.07 Å². The number of nitro groups is 1. The molecule has 4 nitrogen and oxygen atoms in total. The molecule has 0 atom stereocenters. The number of nitrogens with zero attached hydrogens (tertiary/aromatic N) is 2. The third-order valence-electron chi connectivity index (χ3n) is 4.29. The molecule has 1 aliphatic carbocycles. The quantitative estimate of drug-likeness (QED) is 0.594. The summed E-state index contributed by atoms with van der Waals surface area (Å²) in [6, 6.07) is 5.56. The summed E-state index contributed by atoms with van der Waals surface area (Å²) in [5, 5.41) is 11.2. The Morgan fingerprint density at radius 1 is 1.33 bits per heavy atom. The Kier molecular flexibility index (Phi) is 2.54. The standard InChI is InChI=1S/C14H18N2O2/c1-11-3-4-12(13(9-11)16(17)18)15-8-2-5-14(10-15)6-7-14/h3-4,9H,2,5-8,10H2,1H3. The number of nitro benzene ring substituents is 1. The van der Waals surface area contributed by atoms with Crippen molar-refractivity contribution in [3.63, 3.8) is 0 Å². The van der Waals surface area contributed by atoms with Crippen LogP contribution in [-0.4, -0.2) is 18.0 Å². The van der Waals surface area contributed by atoms with Crippen molar-refractivity contribution >= 4 is 11.4 Å². The number of hydrogen-bond donors (Lipinski definition) is 0. The van der Waals surface area contributed by atoms with Crippen molar-refractivity contribution in [2.75, 3.05) is 18.0 Å². The van der Waals surface area contributed by atoms with Crippen molar-refractivity contribution in [3.8, 4) is 0 Å². The zero-order chi connectivity index (χ0) is 12.8. The highest BCUT2D eigenvalue weighted by atomic mass is 16.6. The first kappa shape index (κ1) is 11.5. The van der Waals surface area contributed by atoms with Crippen LogP contribution in [0.4, 0.5) is 11.4 Å². The van der Waals surface area contributed by atoms with Gasteiger partial charge in [0.1, 0.15) is 5.69 Å². The molecule has 18 heavy (non-hydrogen) atoms. The zero-order valence-electron chi connectivity index (χ0n) is 10.7. The summed E-state index contributed by atoms with van der Waals surface area (Å²) in [5.74, 6) is 0. The van der Waals surface area contributed by atoms with Gasteiger partial charge in [-0.25, -0.2) is 0 Å². The fourth-order valence-electron chi connectivity index (χ4n) is 3.05. The number of rotatable bonds is 2. The number of hydrogen-bond acceptors (Lipinski definition) is 3. The van der Waals surface area contributed by atoms with Crippen LogP contribution >= 0.6 is 0 Å². The Labute approximate surface area is 107 Å². The van der Waals surface area contributed by atoms with Crippen LogP contribution < -0.4 is 4.90 Å². The lowest BCUT2D eigenvalue weighted by molar-refractivity contribution is -0.384. The predicted molar refractivity (Wildman–Crippen MR) is 70.9 cm³/mol. The van der Waals surface area contributed by atoms with Gasteiger partial charge < -0.3 is 4.90 Å². The summed E-state index contributed by atoms with van der Waals surface area (Å²) in [5.41, 5.74) is 2.49. The van der Waals surface area contributed by atoms with E-state index < -0.39 is 0 Å². The molecule has 1 heterocycles. The normalized spacial score (nSPS) is 21.1. The molecule has 1 spiro atoms. The van der Waals surface area contributed by atoms with Gasteiger partial charge in [-0.15, -0.1) is 0 Å². The topological polar surface area (TPSA) is 46.4 Å². The maximum atomic E-state index is 11.2. The Bertz CT molecular complexity index is 495. The average molecular weight is 246 g/mol.